The predicted octanol–water partition coefficient (Wildman–Crippen LogP) is -0.374. The largest absolute Gasteiger partial charge is 0.366 e. The molecule has 132 valence electrons. The maximum absolute atomic E-state index is 12.0. The SMILES string of the molecule is N#C/C(=C/Nc1ccc(C(N)=O)cc1)C(=O)NCCN1CCNCC1. The van der Waals surface area contributed by atoms with E-state index in [-0.39, 0.29) is 5.57 Å². The molecule has 1 aromatic rings. The molecule has 1 saturated heterocycles. The van der Waals surface area contributed by atoms with E-state index in [1.807, 2.05) is 6.07 Å². The van der Waals surface area contributed by atoms with Crippen LogP contribution in [0.1, 0.15) is 10.4 Å². The molecule has 0 unspecified atom stereocenters. The number of amides is 2. The van der Waals surface area contributed by atoms with Crippen molar-refractivity contribution in [1.82, 2.24) is 15.5 Å². The molecule has 0 atom stereocenters. The molecule has 25 heavy (non-hydrogen) atoms. The van der Waals surface area contributed by atoms with E-state index < -0.39 is 11.8 Å². The van der Waals surface area contributed by atoms with E-state index in [1.165, 1.54) is 6.20 Å². The summed E-state index contributed by atoms with van der Waals surface area (Å²) < 4.78 is 0. The molecule has 8 nitrogen and oxygen atoms in total. The van der Waals surface area contributed by atoms with Crippen LogP contribution in [0.5, 0.6) is 0 Å². The highest BCUT2D eigenvalue weighted by atomic mass is 16.2. The average molecular weight is 342 g/mol. The smallest absolute Gasteiger partial charge is 0.263 e. The normalized spacial score (nSPS) is 15.2. The number of nitrogens with two attached hydrogens (primary N) is 1. The summed E-state index contributed by atoms with van der Waals surface area (Å²) in [6.45, 7) is 5.07. The van der Waals surface area contributed by atoms with Gasteiger partial charge in [-0.25, -0.2) is 0 Å². The monoisotopic (exact) mass is 342 g/mol. The number of benzene rings is 1. The number of anilines is 1. The van der Waals surface area contributed by atoms with Crippen LogP contribution >= 0.6 is 0 Å². The second-order valence-corrected chi connectivity index (χ2v) is 5.60. The Kier molecular flexibility index (Phi) is 6.95. The Bertz CT molecular complexity index is 671. The molecule has 2 amide bonds. The molecule has 2 rings (SSSR count). The van der Waals surface area contributed by atoms with Gasteiger partial charge < -0.3 is 21.7 Å². The molecule has 0 aliphatic carbocycles. The molecule has 0 bridgehead atoms. The molecule has 5 N–H and O–H groups in total. The van der Waals surface area contributed by atoms with Gasteiger partial charge in [0, 0.05) is 56.7 Å². The molecular formula is C17H22N6O2. The third kappa shape index (κ3) is 5.91. The lowest BCUT2D eigenvalue weighted by Gasteiger charge is -2.27. The number of carbonyl (C=O) groups excluding carboxylic acids is 2. The number of nitrogens with one attached hydrogen (secondary N) is 3. The fourth-order valence-corrected chi connectivity index (χ4v) is 2.39. The van der Waals surface area contributed by atoms with Gasteiger partial charge in [0.25, 0.3) is 5.91 Å². The van der Waals surface area contributed by atoms with Crippen LogP contribution in [0.15, 0.2) is 36.0 Å². The first-order chi connectivity index (χ1) is 12.1. The van der Waals surface area contributed by atoms with Gasteiger partial charge in [-0.1, -0.05) is 0 Å². The van der Waals surface area contributed by atoms with Gasteiger partial charge in [-0.2, -0.15) is 5.26 Å². The highest BCUT2D eigenvalue weighted by Crippen LogP contribution is 2.09. The maximum Gasteiger partial charge on any atom is 0.263 e. The summed E-state index contributed by atoms with van der Waals surface area (Å²) >= 11 is 0. The molecule has 8 heteroatoms. The summed E-state index contributed by atoms with van der Waals surface area (Å²) in [5.41, 5.74) is 6.19. The topological polar surface area (TPSA) is 123 Å². The molecule has 0 spiro atoms. The number of primary amides is 1. The predicted molar refractivity (Wildman–Crippen MR) is 94.6 cm³/mol. The number of piperazine rings is 1. The quantitative estimate of drug-likeness (QED) is 0.396. The highest BCUT2D eigenvalue weighted by molar-refractivity contribution is 5.97. The third-order valence-electron chi connectivity index (χ3n) is 3.84. The first-order valence-electron chi connectivity index (χ1n) is 8.08. The van der Waals surface area contributed by atoms with Crippen LogP contribution in [-0.4, -0.2) is 56.0 Å². The lowest BCUT2D eigenvalue weighted by Crippen LogP contribution is -2.46. The van der Waals surface area contributed by atoms with Crippen molar-refractivity contribution in [3.8, 4) is 6.07 Å². The van der Waals surface area contributed by atoms with Crippen LogP contribution in [-0.2, 0) is 4.79 Å². The lowest BCUT2D eigenvalue weighted by atomic mass is 10.2. The zero-order valence-electron chi connectivity index (χ0n) is 13.9. The van der Waals surface area contributed by atoms with Gasteiger partial charge in [-0.3, -0.25) is 14.5 Å². The molecule has 1 fully saturated rings. The molecule has 0 saturated carbocycles. The summed E-state index contributed by atoms with van der Waals surface area (Å²) in [4.78, 5) is 25.3. The van der Waals surface area contributed by atoms with Gasteiger partial charge >= 0.3 is 0 Å². The maximum atomic E-state index is 12.0. The summed E-state index contributed by atoms with van der Waals surface area (Å²) in [5.74, 6) is -0.928. The van der Waals surface area contributed by atoms with Crippen LogP contribution in [0, 0.1) is 11.3 Å². The standard InChI is InChI=1S/C17H22N6O2/c18-11-14(12-22-15-3-1-13(2-4-15)16(19)24)17(25)21-7-10-23-8-5-20-6-9-23/h1-4,12,20,22H,5-10H2,(H2,19,24)(H,21,25)/b14-12-. The minimum absolute atomic E-state index is 0.0145. The zero-order valence-corrected chi connectivity index (χ0v) is 13.9. The van der Waals surface area contributed by atoms with Crippen molar-refractivity contribution in [2.24, 2.45) is 5.73 Å². The summed E-state index contributed by atoms with van der Waals surface area (Å²) in [6.07, 6.45) is 1.35. The van der Waals surface area contributed by atoms with E-state index in [0.717, 1.165) is 32.7 Å². The van der Waals surface area contributed by atoms with Crippen molar-refractivity contribution in [3.05, 3.63) is 41.6 Å². The van der Waals surface area contributed by atoms with Gasteiger partial charge in [-0.05, 0) is 24.3 Å². The van der Waals surface area contributed by atoms with Crippen molar-refractivity contribution in [2.75, 3.05) is 44.6 Å². The Morgan fingerprint density at radius 2 is 1.96 bits per heavy atom. The molecule has 0 aromatic heterocycles. The van der Waals surface area contributed by atoms with Crippen LogP contribution in [0.4, 0.5) is 5.69 Å². The Morgan fingerprint density at radius 3 is 2.56 bits per heavy atom. The Morgan fingerprint density at radius 1 is 1.28 bits per heavy atom. The highest BCUT2D eigenvalue weighted by Gasteiger charge is 2.11. The Balaban J connectivity index is 1.82. The number of rotatable bonds is 7. The van der Waals surface area contributed by atoms with Crippen molar-refractivity contribution in [1.29, 1.82) is 5.26 Å². The zero-order chi connectivity index (χ0) is 18.1. The fraction of sp³-hybridized carbons (Fsp3) is 0.353. The van der Waals surface area contributed by atoms with E-state index >= 15 is 0 Å². The molecule has 1 aliphatic heterocycles. The molecule has 1 aromatic carbocycles. The lowest BCUT2D eigenvalue weighted by molar-refractivity contribution is -0.117. The number of hydrogen-bond acceptors (Lipinski definition) is 6. The van der Waals surface area contributed by atoms with Gasteiger partial charge in [0.1, 0.15) is 11.6 Å². The summed E-state index contributed by atoms with van der Waals surface area (Å²) in [7, 11) is 0. The van der Waals surface area contributed by atoms with Crippen molar-refractivity contribution < 1.29 is 9.59 Å². The number of nitrogens with zero attached hydrogens (tertiary/aromatic N) is 2. The van der Waals surface area contributed by atoms with Gasteiger partial charge in [-0.15, -0.1) is 0 Å². The first kappa shape index (κ1) is 18.4. The van der Waals surface area contributed by atoms with Gasteiger partial charge in [0.05, 0.1) is 0 Å². The van der Waals surface area contributed by atoms with Crippen molar-refractivity contribution in [2.45, 2.75) is 0 Å². The second kappa shape index (κ2) is 9.42. The van der Waals surface area contributed by atoms with E-state index in [0.29, 0.717) is 17.8 Å². The third-order valence-corrected chi connectivity index (χ3v) is 3.84. The summed E-state index contributed by atoms with van der Waals surface area (Å²) in [5, 5.41) is 18.0. The van der Waals surface area contributed by atoms with Gasteiger partial charge in [0.15, 0.2) is 0 Å². The van der Waals surface area contributed by atoms with E-state index in [9.17, 15) is 9.59 Å². The number of nitriles is 1. The van der Waals surface area contributed by atoms with Crippen LogP contribution in [0.25, 0.3) is 0 Å². The minimum Gasteiger partial charge on any atom is -0.366 e. The Hall–Kier alpha value is -2.89. The van der Waals surface area contributed by atoms with Crippen LogP contribution in [0.3, 0.4) is 0 Å². The first-order valence-corrected chi connectivity index (χ1v) is 8.08. The Labute approximate surface area is 146 Å². The van der Waals surface area contributed by atoms with Crippen LogP contribution in [0.2, 0.25) is 0 Å². The summed E-state index contributed by atoms with van der Waals surface area (Å²) in [6, 6.07) is 8.31. The van der Waals surface area contributed by atoms with E-state index in [4.69, 9.17) is 11.0 Å². The molecule has 0 radical (unpaired) electrons. The molecule has 1 heterocycles. The molecule has 1 aliphatic rings. The second-order valence-electron chi connectivity index (χ2n) is 5.60. The molecular weight excluding hydrogens is 320 g/mol. The van der Waals surface area contributed by atoms with E-state index in [2.05, 4.69) is 20.9 Å². The minimum atomic E-state index is -0.510. The number of carbonyl (C=O) groups is 2. The average Bonchev–Trinajstić information content (AvgIpc) is 2.63. The van der Waals surface area contributed by atoms with Crippen LogP contribution < -0.4 is 21.7 Å². The van der Waals surface area contributed by atoms with Gasteiger partial charge in [0.2, 0.25) is 5.91 Å². The number of hydrogen-bond donors (Lipinski definition) is 4. The van der Waals surface area contributed by atoms with E-state index in [1.54, 1.807) is 24.3 Å². The van der Waals surface area contributed by atoms with Crippen molar-refractivity contribution in [3.63, 3.8) is 0 Å². The fourth-order valence-electron chi connectivity index (χ4n) is 2.39. The van der Waals surface area contributed by atoms with Crippen molar-refractivity contribution >= 4 is 17.5 Å².